The van der Waals surface area contributed by atoms with Gasteiger partial charge in [-0.3, -0.25) is 9.38 Å². The molecule has 16 heavy (non-hydrogen) atoms. The third kappa shape index (κ3) is 1.46. The maximum Gasteiger partial charge on any atom is 0.163 e. The van der Waals surface area contributed by atoms with Crippen molar-refractivity contribution >= 4 is 17.1 Å². The van der Waals surface area contributed by atoms with Crippen molar-refractivity contribution < 1.29 is 0 Å². The van der Waals surface area contributed by atoms with E-state index in [0.717, 1.165) is 17.0 Å². The molecule has 0 saturated heterocycles. The van der Waals surface area contributed by atoms with Crippen LogP contribution in [-0.4, -0.2) is 14.4 Å². The summed E-state index contributed by atoms with van der Waals surface area (Å²) in [6.07, 6.45) is 5.40. The standard InChI is InChI=1S/C12H8ClN3/c13-9-4-5-10-7-15-12(16(10)8-9)11-3-1-2-6-14-11/h1-8H. The summed E-state index contributed by atoms with van der Waals surface area (Å²) in [5.41, 5.74) is 1.84. The van der Waals surface area contributed by atoms with E-state index in [2.05, 4.69) is 9.97 Å². The lowest BCUT2D eigenvalue weighted by molar-refractivity contribution is 1.13. The van der Waals surface area contributed by atoms with Gasteiger partial charge in [-0.15, -0.1) is 0 Å². The fourth-order valence-corrected chi connectivity index (χ4v) is 1.81. The Kier molecular flexibility index (Phi) is 2.11. The van der Waals surface area contributed by atoms with E-state index in [4.69, 9.17) is 11.6 Å². The Balaban J connectivity index is 2.29. The van der Waals surface area contributed by atoms with Crippen LogP contribution in [-0.2, 0) is 0 Å². The first-order valence-electron chi connectivity index (χ1n) is 4.88. The van der Waals surface area contributed by atoms with Crippen LogP contribution in [0.2, 0.25) is 5.02 Å². The number of halogens is 1. The van der Waals surface area contributed by atoms with Crippen molar-refractivity contribution in [3.05, 3.63) is 53.9 Å². The summed E-state index contributed by atoms with van der Waals surface area (Å²) in [5, 5.41) is 0.683. The van der Waals surface area contributed by atoms with Gasteiger partial charge >= 0.3 is 0 Å². The lowest BCUT2D eigenvalue weighted by atomic mass is 10.3. The Morgan fingerprint density at radius 1 is 1.06 bits per heavy atom. The van der Waals surface area contributed by atoms with Crippen molar-refractivity contribution in [1.29, 1.82) is 0 Å². The van der Waals surface area contributed by atoms with Gasteiger partial charge in [-0.25, -0.2) is 4.98 Å². The minimum Gasteiger partial charge on any atom is -0.297 e. The quantitative estimate of drug-likeness (QED) is 0.642. The van der Waals surface area contributed by atoms with Crippen molar-refractivity contribution in [3.8, 4) is 11.5 Å². The fourth-order valence-electron chi connectivity index (χ4n) is 1.65. The lowest BCUT2D eigenvalue weighted by Crippen LogP contribution is -1.90. The summed E-state index contributed by atoms with van der Waals surface area (Å²) in [7, 11) is 0. The van der Waals surface area contributed by atoms with Crippen molar-refractivity contribution in [3.63, 3.8) is 0 Å². The summed E-state index contributed by atoms with van der Waals surface area (Å²) >= 11 is 5.97. The Bertz CT molecular complexity index is 631. The second-order valence-corrected chi connectivity index (χ2v) is 3.88. The average molecular weight is 230 g/mol. The van der Waals surface area contributed by atoms with E-state index in [0.29, 0.717) is 5.02 Å². The van der Waals surface area contributed by atoms with Gasteiger partial charge in [0.1, 0.15) is 5.69 Å². The molecule has 0 saturated carbocycles. The number of rotatable bonds is 1. The third-order valence-corrected chi connectivity index (χ3v) is 2.61. The van der Waals surface area contributed by atoms with Gasteiger partial charge in [-0.05, 0) is 24.3 Å². The largest absolute Gasteiger partial charge is 0.297 e. The van der Waals surface area contributed by atoms with Crippen LogP contribution in [0.4, 0.5) is 0 Å². The summed E-state index contributed by atoms with van der Waals surface area (Å²) in [5.74, 6) is 0.804. The van der Waals surface area contributed by atoms with Gasteiger partial charge in [-0.1, -0.05) is 17.7 Å². The molecule has 0 aliphatic carbocycles. The van der Waals surface area contributed by atoms with Crippen LogP contribution in [0.15, 0.2) is 48.9 Å². The molecule has 0 aromatic carbocycles. The second kappa shape index (κ2) is 3.61. The van der Waals surface area contributed by atoms with Crippen LogP contribution in [0.1, 0.15) is 0 Å². The molecule has 3 nitrogen and oxygen atoms in total. The Morgan fingerprint density at radius 2 is 2.00 bits per heavy atom. The third-order valence-electron chi connectivity index (χ3n) is 2.39. The molecule has 0 fully saturated rings. The first-order valence-corrected chi connectivity index (χ1v) is 5.26. The van der Waals surface area contributed by atoms with E-state index in [1.165, 1.54) is 0 Å². The highest BCUT2D eigenvalue weighted by atomic mass is 35.5. The molecule has 0 spiro atoms. The normalized spacial score (nSPS) is 10.8. The number of fused-ring (bicyclic) bond motifs is 1. The summed E-state index contributed by atoms with van der Waals surface area (Å²) < 4.78 is 1.94. The Morgan fingerprint density at radius 3 is 2.81 bits per heavy atom. The Hall–Kier alpha value is -1.87. The molecule has 0 amide bonds. The highest BCUT2D eigenvalue weighted by molar-refractivity contribution is 6.30. The highest BCUT2D eigenvalue weighted by Gasteiger charge is 2.06. The number of nitrogens with zero attached hydrogens (tertiary/aromatic N) is 3. The molecule has 0 aliphatic heterocycles. The van der Waals surface area contributed by atoms with Gasteiger partial charge in [0, 0.05) is 12.4 Å². The molecule has 3 aromatic rings. The second-order valence-electron chi connectivity index (χ2n) is 3.44. The van der Waals surface area contributed by atoms with Gasteiger partial charge < -0.3 is 0 Å². The zero-order valence-electron chi connectivity index (χ0n) is 8.34. The molecule has 3 rings (SSSR count). The maximum atomic E-state index is 5.97. The SMILES string of the molecule is Clc1ccc2cnc(-c3ccccn3)n2c1. The first-order chi connectivity index (χ1) is 7.84. The monoisotopic (exact) mass is 229 g/mol. The van der Waals surface area contributed by atoms with Crippen LogP contribution in [0, 0.1) is 0 Å². The molecule has 0 N–H and O–H groups in total. The topological polar surface area (TPSA) is 30.2 Å². The molecule has 3 aromatic heterocycles. The van der Waals surface area contributed by atoms with Crippen molar-refractivity contribution in [2.75, 3.05) is 0 Å². The molecule has 0 bridgehead atoms. The highest BCUT2D eigenvalue weighted by Crippen LogP contribution is 2.19. The predicted molar refractivity (Wildman–Crippen MR) is 63.4 cm³/mol. The van der Waals surface area contributed by atoms with Crippen molar-refractivity contribution in [2.24, 2.45) is 0 Å². The lowest BCUT2D eigenvalue weighted by Gasteiger charge is -2.00. The zero-order chi connectivity index (χ0) is 11.0. The van der Waals surface area contributed by atoms with Gasteiger partial charge in [0.2, 0.25) is 0 Å². The number of pyridine rings is 2. The van der Waals surface area contributed by atoms with Gasteiger partial charge in [0.15, 0.2) is 5.82 Å². The number of imidazole rings is 1. The van der Waals surface area contributed by atoms with Crippen molar-refractivity contribution in [1.82, 2.24) is 14.4 Å². The molecule has 0 radical (unpaired) electrons. The van der Waals surface area contributed by atoms with Gasteiger partial charge in [0.25, 0.3) is 0 Å². The van der Waals surface area contributed by atoms with Crippen LogP contribution >= 0.6 is 11.6 Å². The maximum absolute atomic E-state index is 5.97. The van der Waals surface area contributed by atoms with E-state index in [-0.39, 0.29) is 0 Å². The minimum atomic E-state index is 0.683. The number of aromatic nitrogens is 3. The van der Waals surface area contributed by atoms with Gasteiger partial charge in [0.05, 0.1) is 16.7 Å². The summed E-state index contributed by atoms with van der Waals surface area (Å²) in [6.45, 7) is 0. The predicted octanol–water partition coefficient (Wildman–Crippen LogP) is 3.05. The van der Waals surface area contributed by atoms with Crippen LogP contribution in [0.25, 0.3) is 17.0 Å². The van der Waals surface area contributed by atoms with Crippen LogP contribution < -0.4 is 0 Å². The molecular weight excluding hydrogens is 222 g/mol. The summed E-state index contributed by atoms with van der Waals surface area (Å²) in [4.78, 5) is 8.62. The molecule has 3 heterocycles. The molecule has 0 aliphatic rings. The van der Waals surface area contributed by atoms with E-state index < -0.39 is 0 Å². The molecule has 0 atom stereocenters. The number of hydrogen-bond acceptors (Lipinski definition) is 2. The van der Waals surface area contributed by atoms with E-state index in [1.54, 1.807) is 12.4 Å². The van der Waals surface area contributed by atoms with E-state index in [1.807, 2.05) is 40.9 Å². The molecule has 0 unspecified atom stereocenters. The van der Waals surface area contributed by atoms with E-state index >= 15 is 0 Å². The van der Waals surface area contributed by atoms with E-state index in [9.17, 15) is 0 Å². The Labute approximate surface area is 97.3 Å². The molecule has 4 heteroatoms. The first kappa shape index (κ1) is 9.36. The van der Waals surface area contributed by atoms with Crippen LogP contribution in [0.5, 0.6) is 0 Å². The van der Waals surface area contributed by atoms with Crippen LogP contribution in [0.3, 0.4) is 0 Å². The van der Waals surface area contributed by atoms with Crippen molar-refractivity contribution in [2.45, 2.75) is 0 Å². The summed E-state index contributed by atoms with van der Waals surface area (Å²) in [6, 6.07) is 9.53. The molecule has 78 valence electrons. The molecular formula is C12H8ClN3. The van der Waals surface area contributed by atoms with Gasteiger partial charge in [-0.2, -0.15) is 0 Å². The average Bonchev–Trinajstić information content (AvgIpc) is 2.73. The number of hydrogen-bond donors (Lipinski definition) is 0. The smallest absolute Gasteiger partial charge is 0.163 e. The minimum absolute atomic E-state index is 0.683. The zero-order valence-corrected chi connectivity index (χ0v) is 9.09. The fraction of sp³-hybridized carbons (Fsp3) is 0.